The van der Waals surface area contributed by atoms with Gasteiger partial charge in [-0.2, -0.15) is 0 Å². The maximum absolute atomic E-state index is 14.1. The molecule has 2 amide bonds. The van der Waals surface area contributed by atoms with Crippen LogP contribution in [0.5, 0.6) is 5.75 Å². The van der Waals surface area contributed by atoms with E-state index in [1.807, 2.05) is 41.3 Å². The van der Waals surface area contributed by atoms with Crippen molar-refractivity contribution in [3.8, 4) is 5.75 Å². The van der Waals surface area contributed by atoms with E-state index in [-0.39, 0.29) is 29.8 Å². The van der Waals surface area contributed by atoms with Crippen molar-refractivity contribution < 1.29 is 14.3 Å². The Bertz CT molecular complexity index is 1030. The third-order valence-corrected chi connectivity index (χ3v) is 6.73. The van der Waals surface area contributed by atoms with Gasteiger partial charge in [0.15, 0.2) is 0 Å². The molecule has 2 aromatic rings. The molecule has 0 radical (unpaired) electrons. The van der Waals surface area contributed by atoms with Crippen LogP contribution in [0.3, 0.4) is 0 Å². The van der Waals surface area contributed by atoms with E-state index in [0.29, 0.717) is 17.7 Å². The summed E-state index contributed by atoms with van der Waals surface area (Å²) in [5.74, 6) is 0.942. The van der Waals surface area contributed by atoms with Crippen LogP contribution in [0.15, 0.2) is 36.4 Å². The van der Waals surface area contributed by atoms with Crippen molar-refractivity contribution >= 4 is 28.7 Å². The number of ether oxygens (including phenoxy) is 1. The highest BCUT2D eigenvalue weighted by atomic mass is 16.5. The average Bonchev–Trinajstić information content (AvgIpc) is 2.83. The van der Waals surface area contributed by atoms with Gasteiger partial charge in [-0.15, -0.1) is 0 Å². The van der Waals surface area contributed by atoms with Crippen LogP contribution < -0.4 is 4.74 Å². The van der Waals surface area contributed by atoms with E-state index >= 15 is 0 Å². The van der Waals surface area contributed by atoms with Crippen molar-refractivity contribution in [1.82, 2.24) is 9.80 Å². The Labute approximate surface area is 218 Å². The van der Waals surface area contributed by atoms with Gasteiger partial charge in [0.05, 0.1) is 12.7 Å². The van der Waals surface area contributed by atoms with Gasteiger partial charge >= 0.3 is 0 Å². The predicted octanol–water partition coefficient (Wildman–Crippen LogP) is 7.19. The summed E-state index contributed by atoms with van der Waals surface area (Å²) in [5.41, 5.74) is 1.52. The van der Waals surface area contributed by atoms with E-state index in [1.165, 1.54) is 19.3 Å². The van der Waals surface area contributed by atoms with Crippen molar-refractivity contribution in [3.63, 3.8) is 0 Å². The number of allylic oxidation sites excluding steroid dienone is 1. The van der Waals surface area contributed by atoms with Crippen LogP contribution in [0.25, 0.3) is 16.8 Å². The van der Waals surface area contributed by atoms with Crippen LogP contribution in [-0.2, 0) is 4.79 Å². The van der Waals surface area contributed by atoms with Crippen LogP contribution in [-0.4, -0.2) is 54.9 Å². The van der Waals surface area contributed by atoms with Crippen LogP contribution in [0.2, 0.25) is 0 Å². The maximum atomic E-state index is 14.1. The minimum Gasteiger partial charge on any atom is -0.496 e. The lowest BCUT2D eigenvalue weighted by atomic mass is 9.92. The highest BCUT2D eigenvalue weighted by Gasteiger charge is 2.26. The smallest absolute Gasteiger partial charge is 0.255 e. The van der Waals surface area contributed by atoms with Crippen molar-refractivity contribution in [2.24, 2.45) is 5.92 Å². The number of rotatable bonds is 13. The highest BCUT2D eigenvalue weighted by Crippen LogP contribution is 2.34. The van der Waals surface area contributed by atoms with E-state index in [9.17, 15) is 9.59 Å². The second-order valence-electron chi connectivity index (χ2n) is 10.4. The fourth-order valence-corrected chi connectivity index (χ4v) is 4.84. The lowest BCUT2D eigenvalue weighted by Gasteiger charge is -2.32. The van der Waals surface area contributed by atoms with Crippen molar-refractivity contribution in [3.05, 3.63) is 47.5 Å². The molecule has 1 atom stereocenters. The molecule has 0 saturated heterocycles. The Morgan fingerprint density at radius 2 is 1.67 bits per heavy atom. The number of unbranched alkanes of at least 4 members (excludes halogenated alkanes) is 3. The Hall–Kier alpha value is -2.82. The molecule has 36 heavy (non-hydrogen) atoms. The molecule has 0 aliphatic carbocycles. The average molecular weight is 495 g/mol. The molecular formula is C31H46N2O3. The van der Waals surface area contributed by atoms with Gasteiger partial charge in [0.25, 0.3) is 5.91 Å². The summed E-state index contributed by atoms with van der Waals surface area (Å²) in [6, 6.07) is 10.1. The number of nitrogens with zero attached hydrogens (tertiary/aromatic N) is 2. The normalized spacial score (nSPS) is 12.5. The lowest BCUT2D eigenvalue weighted by Crippen LogP contribution is -2.42. The Balaban J connectivity index is 2.59. The predicted molar refractivity (Wildman–Crippen MR) is 152 cm³/mol. The molecule has 5 nitrogen and oxygen atoms in total. The van der Waals surface area contributed by atoms with Gasteiger partial charge in [-0.1, -0.05) is 69.0 Å². The van der Waals surface area contributed by atoms with Gasteiger partial charge < -0.3 is 14.5 Å². The summed E-state index contributed by atoms with van der Waals surface area (Å²) in [6.07, 6.45) is 10.3. The van der Waals surface area contributed by atoms with Gasteiger partial charge in [0.1, 0.15) is 5.75 Å². The molecule has 0 fully saturated rings. The molecule has 0 saturated carbocycles. The summed E-state index contributed by atoms with van der Waals surface area (Å²) in [6.45, 7) is 10.4. The summed E-state index contributed by atoms with van der Waals surface area (Å²) in [5, 5.41) is 1.81. The number of carbonyl (C=O) groups is 2. The van der Waals surface area contributed by atoms with E-state index in [0.717, 1.165) is 29.2 Å². The zero-order valence-corrected chi connectivity index (χ0v) is 23.6. The third-order valence-electron chi connectivity index (χ3n) is 6.73. The number of amides is 2. The minimum absolute atomic E-state index is 0.00128. The molecule has 0 heterocycles. The first-order valence-electron chi connectivity index (χ1n) is 13.4. The van der Waals surface area contributed by atoms with Crippen LogP contribution >= 0.6 is 0 Å². The molecule has 198 valence electrons. The second-order valence-corrected chi connectivity index (χ2v) is 10.4. The fourth-order valence-electron chi connectivity index (χ4n) is 4.84. The second kappa shape index (κ2) is 14.1. The Morgan fingerprint density at radius 1 is 0.972 bits per heavy atom. The zero-order chi connectivity index (χ0) is 26.8. The third kappa shape index (κ3) is 7.59. The van der Waals surface area contributed by atoms with Crippen LogP contribution in [0.4, 0.5) is 0 Å². The van der Waals surface area contributed by atoms with E-state index in [4.69, 9.17) is 4.74 Å². The van der Waals surface area contributed by atoms with Crippen LogP contribution in [0.1, 0.15) is 89.1 Å². The SMILES string of the molecule is CCCCCC[C@@H](/C=C/c1ccc2cccc(OC)c2c1C(=O)N(C(C)C)C(C)C)CC(=O)N(C)C. The largest absolute Gasteiger partial charge is 0.496 e. The monoisotopic (exact) mass is 494 g/mol. The number of methoxy groups -OCH3 is 1. The zero-order valence-electron chi connectivity index (χ0n) is 23.6. The molecule has 0 N–H and O–H groups in total. The minimum atomic E-state index is -0.00128. The molecule has 0 aliphatic heterocycles. The molecule has 0 aromatic heterocycles. The first-order chi connectivity index (χ1) is 17.1. The van der Waals surface area contributed by atoms with Gasteiger partial charge in [0, 0.05) is 38.0 Å². The number of benzene rings is 2. The number of fused-ring (bicyclic) bond motifs is 1. The molecule has 2 aromatic carbocycles. The molecule has 0 bridgehead atoms. The van der Waals surface area contributed by atoms with Gasteiger partial charge in [-0.3, -0.25) is 9.59 Å². The molecule has 5 heteroatoms. The quantitative estimate of drug-likeness (QED) is 0.277. The maximum Gasteiger partial charge on any atom is 0.255 e. The molecule has 2 rings (SSSR count). The topological polar surface area (TPSA) is 49.9 Å². The van der Waals surface area contributed by atoms with Crippen molar-refractivity contribution in [2.75, 3.05) is 21.2 Å². The van der Waals surface area contributed by atoms with E-state index in [1.54, 1.807) is 26.1 Å². The van der Waals surface area contributed by atoms with Crippen LogP contribution in [0, 0.1) is 5.92 Å². The van der Waals surface area contributed by atoms with E-state index < -0.39 is 0 Å². The summed E-state index contributed by atoms with van der Waals surface area (Å²) < 4.78 is 5.71. The Morgan fingerprint density at radius 3 is 2.25 bits per heavy atom. The highest BCUT2D eigenvalue weighted by molar-refractivity contribution is 6.12. The molecule has 0 unspecified atom stereocenters. The number of carbonyl (C=O) groups excluding carboxylic acids is 2. The van der Waals surface area contributed by atoms with Gasteiger partial charge in [-0.25, -0.2) is 0 Å². The number of hydrogen-bond donors (Lipinski definition) is 0. The lowest BCUT2D eigenvalue weighted by molar-refractivity contribution is -0.129. The summed E-state index contributed by atoms with van der Waals surface area (Å²) in [7, 11) is 5.26. The van der Waals surface area contributed by atoms with Gasteiger partial charge in [-0.05, 0) is 57.0 Å². The summed E-state index contributed by atoms with van der Waals surface area (Å²) >= 11 is 0. The van der Waals surface area contributed by atoms with Gasteiger partial charge in [0.2, 0.25) is 5.91 Å². The molecular weight excluding hydrogens is 448 g/mol. The van der Waals surface area contributed by atoms with E-state index in [2.05, 4.69) is 40.7 Å². The molecule has 0 aliphatic rings. The first kappa shape index (κ1) is 29.4. The first-order valence-corrected chi connectivity index (χ1v) is 13.4. The fraction of sp³-hybridized carbons (Fsp3) is 0.548. The molecule has 0 spiro atoms. The van der Waals surface area contributed by atoms with Crippen molar-refractivity contribution in [1.29, 1.82) is 0 Å². The standard InChI is InChI=1S/C31H46N2O3/c1-9-10-11-12-14-24(21-28(34)32(6)7)17-18-26-20-19-25-15-13-16-27(36-8)29(25)30(26)31(35)33(22(2)3)23(4)5/h13,15-20,22-24H,9-12,14,21H2,1-8H3/b18-17+/t24-/m0/s1. The summed E-state index contributed by atoms with van der Waals surface area (Å²) in [4.78, 5) is 30.2. The number of hydrogen-bond acceptors (Lipinski definition) is 3. The Kier molecular flexibility index (Phi) is 11.5. The van der Waals surface area contributed by atoms with Crippen molar-refractivity contribution in [2.45, 2.75) is 85.2 Å².